The van der Waals surface area contributed by atoms with Gasteiger partial charge in [-0.3, -0.25) is 0 Å². The fourth-order valence-electron chi connectivity index (χ4n) is 4.99. The van der Waals surface area contributed by atoms with Crippen LogP contribution in [0.25, 0.3) is 0 Å². The summed E-state index contributed by atoms with van der Waals surface area (Å²) in [5, 5.41) is 3.84. The number of hydrogen-bond donors (Lipinski definition) is 1. The first kappa shape index (κ1) is 11.7. The van der Waals surface area contributed by atoms with Gasteiger partial charge in [0.2, 0.25) is 0 Å². The van der Waals surface area contributed by atoms with E-state index in [2.05, 4.69) is 5.32 Å². The van der Waals surface area contributed by atoms with E-state index in [1.54, 1.807) is 0 Å². The first-order valence-electron chi connectivity index (χ1n) is 8.19. The second kappa shape index (κ2) is 4.49. The van der Waals surface area contributed by atoms with Gasteiger partial charge in [-0.05, 0) is 68.6 Å². The van der Waals surface area contributed by atoms with Crippen LogP contribution in [0.2, 0.25) is 0 Å². The van der Waals surface area contributed by atoms with Crippen LogP contribution in [-0.4, -0.2) is 25.3 Å². The summed E-state index contributed by atoms with van der Waals surface area (Å²) in [5.74, 6) is 2.07. The first-order chi connectivity index (χ1) is 8.84. The van der Waals surface area contributed by atoms with Crippen molar-refractivity contribution in [3.63, 3.8) is 0 Å². The van der Waals surface area contributed by atoms with E-state index in [1.807, 2.05) is 0 Å². The lowest BCUT2D eigenvalue weighted by Gasteiger charge is -2.40. The highest BCUT2D eigenvalue weighted by Gasteiger charge is 2.51. The third-order valence-electron chi connectivity index (χ3n) is 6.08. The molecule has 0 amide bonds. The molecule has 4 rings (SSSR count). The Balaban J connectivity index is 1.45. The highest BCUT2D eigenvalue weighted by atomic mass is 16.5. The van der Waals surface area contributed by atoms with Crippen LogP contribution in [0.5, 0.6) is 0 Å². The van der Waals surface area contributed by atoms with Gasteiger partial charge in [0, 0.05) is 19.2 Å². The lowest BCUT2D eigenvalue weighted by atomic mass is 9.69. The van der Waals surface area contributed by atoms with Gasteiger partial charge in [-0.25, -0.2) is 0 Å². The second-order valence-corrected chi connectivity index (χ2v) is 7.44. The third kappa shape index (κ3) is 2.12. The van der Waals surface area contributed by atoms with Crippen LogP contribution in [-0.2, 0) is 4.74 Å². The molecule has 102 valence electrons. The lowest BCUT2D eigenvalue weighted by Crippen LogP contribution is -2.41. The van der Waals surface area contributed by atoms with Gasteiger partial charge in [0.05, 0.1) is 6.10 Å². The molecular formula is C16H27NO. The number of hydrogen-bond acceptors (Lipinski definition) is 2. The van der Waals surface area contributed by atoms with Crippen molar-refractivity contribution in [2.24, 2.45) is 17.3 Å². The molecule has 4 unspecified atom stereocenters. The monoisotopic (exact) mass is 249 g/mol. The molecule has 0 aromatic carbocycles. The predicted molar refractivity (Wildman–Crippen MR) is 72.5 cm³/mol. The van der Waals surface area contributed by atoms with Gasteiger partial charge in [-0.2, -0.15) is 0 Å². The normalized spacial score (nSPS) is 47.0. The molecule has 1 heterocycles. The SMILES string of the molecule is C1COC(CC2(CNC3CC3)CC3CCC2C3)C1. The Morgan fingerprint density at radius 3 is 2.67 bits per heavy atom. The maximum absolute atomic E-state index is 5.94. The Morgan fingerprint density at radius 2 is 2.06 bits per heavy atom. The van der Waals surface area contributed by atoms with Crippen molar-refractivity contribution in [2.75, 3.05) is 13.2 Å². The molecule has 1 saturated heterocycles. The molecule has 0 spiro atoms. The maximum atomic E-state index is 5.94. The Morgan fingerprint density at radius 1 is 1.11 bits per heavy atom. The lowest BCUT2D eigenvalue weighted by molar-refractivity contribution is 0.0336. The summed E-state index contributed by atoms with van der Waals surface area (Å²) in [6, 6.07) is 0.866. The van der Waals surface area contributed by atoms with Crippen LogP contribution < -0.4 is 5.32 Å². The molecule has 2 heteroatoms. The van der Waals surface area contributed by atoms with Gasteiger partial charge in [-0.15, -0.1) is 0 Å². The average Bonchev–Trinajstić information content (AvgIpc) is 2.80. The van der Waals surface area contributed by atoms with Crippen molar-refractivity contribution >= 4 is 0 Å². The zero-order valence-electron chi connectivity index (χ0n) is 11.5. The summed E-state index contributed by atoms with van der Waals surface area (Å²) in [4.78, 5) is 0. The van der Waals surface area contributed by atoms with Crippen molar-refractivity contribution in [1.82, 2.24) is 5.32 Å². The molecule has 1 N–H and O–H groups in total. The summed E-state index contributed by atoms with van der Waals surface area (Å²) >= 11 is 0. The summed E-state index contributed by atoms with van der Waals surface area (Å²) < 4.78 is 5.94. The van der Waals surface area contributed by atoms with Crippen LogP contribution in [0.1, 0.15) is 57.8 Å². The van der Waals surface area contributed by atoms with Gasteiger partial charge in [-0.1, -0.05) is 6.42 Å². The maximum Gasteiger partial charge on any atom is 0.0581 e. The van der Waals surface area contributed by atoms with Gasteiger partial charge in [0.25, 0.3) is 0 Å². The van der Waals surface area contributed by atoms with Gasteiger partial charge in [0.15, 0.2) is 0 Å². The van der Waals surface area contributed by atoms with Gasteiger partial charge >= 0.3 is 0 Å². The van der Waals surface area contributed by atoms with E-state index in [0.717, 1.165) is 24.5 Å². The van der Waals surface area contributed by atoms with Crippen LogP contribution in [0.4, 0.5) is 0 Å². The topological polar surface area (TPSA) is 21.3 Å². The second-order valence-electron chi connectivity index (χ2n) is 7.44. The molecule has 0 aromatic rings. The minimum Gasteiger partial charge on any atom is -0.378 e. The molecule has 0 aromatic heterocycles. The van der Waals surface area contributed by atoms with Gasteiger partial charge in [0.1, 0.15) is 0 Å². The number of rotatable bonds is 5. The van der Waals surface area contributed by atoms with Crippen molar-refractivity contribution < 1.29 is 4.74 Å². The van der Waals surface area contributed by atoms with E-state index < -0.39 is 0 Å². The predicted octanol–water partition coefficient (Wildman–Crippen LogP) is 3.11. The van der Waals surface area contributed by atoms with Crippen LogP contribution in [0, 0.1) is 17.3 Å². The van der Waals surface area contributed by atoms with E-state index in [-0.39, 0.29) is 0 Å². The summed E-state index contributed by atoms with van der Waals surface area (Å²) in [6.45, 7) is 2.31. The quantitative estimate of drug-likeness (QED) is 0.808. The van der Waals surface area contributed by atoms with Crippen molar-refractivity contribution in [2.45, 2.75) is 69.9 Å². The smallest absolute Gasteiger partial charge is 0.0581 e. The van der Waals surface area contributed by atoms with E-state index in [4.69, 9.17) is 4.74 Å². The summed E-state index contributed by atoms with van der Waals surface area (Å²) in [6.07, 6.45) is 13.4. The van der Waals surface area contributed by atoms with Crippen LogP contribution in [0.3, 0.4) is 0 Å². The molecular weight excluding hydrogens is 222 g/mol. The number of ether oxygens (including phenoxy) is 1. The Kier molecular flexibility index (Phi) is 2.92. The van der Waals surface area contributed by atoms with Crippen LogP contribution >= 0.6 is 0 Å². The van der Waals surface area contributed by atoms with E-state index in [0.29, 0.717) is 11.5 Å². The van der Waals surface area contributed by atoms with Crippen molar-refractivity contribution in [3.05, 3.63) is 0 Å². The van der Waals surface area contributed by atoms with E-state index >= 15 is 0 Å². The van der Waals surface area contributed by atoms with Gasteiger partial charge < -0.3 is 10.1 Å². The molecule has 3 aliphatic carbocycles. The molecule has 4 aliphatic rings. The minimum atomic E-state index is 0.588. The molecule has 2 nitrogen and oxygen atoms in total. The Labute approximate surface area is 111 Å². The zero-order chi connectivity index (χ0) is 12.0. The number of fused-ring (bicyclic) bond motifs is 2. The molecule has 18 heavy (non-hydrogen) atoms. The summed E-state index contributed by atoms with van der Waals surface area (Å²) in [7, 11) is 0. The first-order valence-corrected chi connectivity index (χ1v) is 8.19. The van der Waals surface area contributed by atoms with E-state index in [1.165, 1.54) is 64.3 Å². The standard InChI is InChI=1S/C16H27NO/c1-2-15(18-7-1)10-16(11-17-14-5-6-14)9-12-3-4-13(16)8-12/h12-15,17H,1-11H2. The molecule has 1 aliphatic heterocycles. The number of nitrogens with one attached hydrogen (secondary N) is 1. The van der Waals surface area contributed by atoms with Crippen molar-refractivity contribution in [1.29, 1.82) is 0 Å². The fraction of sp³-hybridized carbons (Fsp3) is 1.00. The molecule has 2 bridgehead atoms. The largest absolute Gasteiger partial charge is 0.378 e. The Bertz CT molecular complexity index is 308. The summed E-state index contributed by atoms with van der Waals surface area (Å²) in [5.41, 5.74) is 0.612. The third-order valence-corrected chi connectivity index (χ3v) is 6.08. The van der Waals surface area contributed by atoms with E-state index in [9.17, 15) is 0 Å². The minimum absolute atomic E-state index is 0.588. The highest BCUT2D eigenvalue weighted by molar-refractivity contribution is 5.03. The molecule has 3 saturated carbocycles. The Hall–Kier alpha value is -0.0800. The zero-order valence-corrected chi connectivity index (χ0v) is 11.5. The highest BCUT2D eigenvalue weighted by Crippen LogP contribution is 2.58. The molecule has 0 radical (unpaired) electrons. The van der Waals surface area contributed by atoms with Crippen LogP contribution in [0.15, 0.2) is 0 Å². The van der Waals surface area contributed by atoms with Crippen molar-refractivity contribution in [3.8, 4) is 0 Å². The fourth-order valence-corrected chi connectivity index (χ4v) is 4.99. The molecule has 4 atom stereocenters. The average molecular weight is 249 g/mol. The molecule has 4 fully saturated rings.